The van der Waals surface area contributed by atoms with Gasteiger partial charge in [-0.3, -0.25) is 4.79 Å². The van der Waals surface area contributed by atoms with E-state index in [0.29, 0.717) is 18.1 Å². The minimum absolute atomic E-state index is 0.113. The molecule has 0 aromatic carbocycles. The van der Waals surface area contributed by atoms with Crippen LogP contribution in [0.1, 0.15) is 66.2 Å². The van der Waals surface area contributed by atoms with Crippen LogP contribution in [0.5, 0.6) is 0 Å². The first kappa shape index (κ1) is 19.7. The van der Waals surface area contributed by atoms with Crippen molar-refractivity contribution in [1.82, 2.24) is 9.80 Å². The van der Waals surface area contributed by atoms with Gasteiger partial charge in [-0.2, -0.15) is 0 Å². The SMILES string of the molecule is CC(C)CCCN1CCC(OC2CCN(C(=O)C(C)C)CC2)CC1. The zero-order valence-electron chi connectivity index (χ0n) is 16.3. The Bertz CT molecular complexity index is 368. The molecule has 0 aliphatic carbocycles. The number of carbonyl (C=O) groups is 1. The van der Waals surface area contributed by atoms with Crippen molar-refractivity contribution in [2.75, 3.05) is 32.7 Å². The first-order chi connectivity index (χ1) is 11.5. The molecule has 0 bridgehead atoms. The van der Waals surface area contributed by atoms with Crippen molar-refractivity contribution in [2.45, 2.75) is 78.4 Å². The van der Waals surface area contributed by atoms with Crippen LogP contribution in [0.15, 0.2) is 0 Å². The normalized spacial score (nSPS) is 21.8. The Hall–Kier alpha value is -0.610. The van der Waals surface area contributed by atoms with Crippen LogP contribution in [0.3, 0.4) is 0 Å². The van der Waals surface area contributed by atoms with Crippen LogP contribution in [-0.4, -0.2) is 60.6 Å². The summed E-state index contributed by atoms with van der Waals surface area (Å²) in [6.45, 7) is 14.0. The fourth-order valence-corrected chi connectivity index (χ4v) is 3.84. The highest BCUT2D eigenvalue weighted by molar-refractivity contribution is 5.78. The summed E-state index contributed by atoms with van der Waals surface area (Å²) < 4.78 is 6.35. The van der Waals surface area contributed by atoms with Crippen LogP contribution in [0.4, 0.5) is 0 Å². The average molecular weight is 339 g/mol. The molecule has 0 radical (unpaired) electrons. The smallest absolute Gasteiger partial charge is 0.225 e. The van der Waals surface area contributed by atoms with Gasteiger partial charge in [0.15, 0.2) is 0 Å². The highest BCUT2D eigenvalue weighted by Crippen LogP contribution is 2.22. The number of carbonyl (C=O) groups excluding carboxylic acids is 1. The van der Waals surface area contributed by atoms with E-state index in [0.717, 1.165) is 31.8 Å². The molecule has 2 fully saturated rings. The Labute approximate surface area is 148 Å². The second-order valence-electron chi connectivity index (χ2n) is 8.39. The zero-order valence-corrected chi connectivity index (χ0v) is 16.3. The van der Waals surface area contributed by atoms with E-state index in [4.69, 9.17) is 4.74 Å². The first-order valence-electron chi connectivity index (χ1n) is 10.1. The molecule has 2 aliphatic heterocycles. The molecular formula is C20H38N2O2. The maximum atomic E-state index is 12.0. The fourth-order valence-electron chi connectivity index (χ4n) is 3.84. The van der Waals surface area contributed by atoms with Crippen molar-refractivity contribution in [1.29, 1.82) is 0 Å². The minimum atomic E-state index is 0.113. The Morgan fingerprint density at radius 3 is 2.00 bits per heavy atom. The maximum absolute atomic E-state index is 12.0. The number of hydrogen-bond acceptors (Lipinski definition) is 3. The Morgan fingerprint density at radius 2 is 1.50 bits per heavy atom. The Kier molecular flexibility index (Phi) is 8.02. The van der Waals surface area contributed by atoms with Crippen molar-refractivity contribution < 1.29 is 9.53 Å². The maximum Gasteiger partial charge on any atom is 0.225 e. The Balaban J connectivity index is 1.60. The summed E-state index contributed by atoms with van der Waals surface area (Å²) >= 11 is 0. The van der Waals surface area contributed by atoms with Gasteiger partial charge in [0.1, 0.15) is 0 Å². The molecule has 0 N–H and O–H groups in total. The predicted octanol–water partition coefficient (Wildman–Crippen LogP) is 3.55. The van der Waals surface area contributed by atoms with E-state index < -0.39 is 0 Å². The molecule has 0 aromatic heterocycles. The van der Waals surface area contributed by atoms with Crippen LogP contribution in [0.25, 0.3) is 0 Å². The number of piperidine rings is 2. The second kappa shape index (κ2) is 9.76. The summed E-state index contributed by atoms with van der Waals surface area (Å²) in [5.74, 6) is 1.23. The molecule has 2 heterocycles. The van der Waals surface area contributed by atoms with Gasteiger partial charge in [-0.05, 0) is 51.0 Å². The molecule has 2 saturated heterocycles. The molecular weight excluding hydrogens is 300 g/mol. The lowest BCUT2D eigenvalue weighted by atomic mass is 10.0. The summed E-state index contributed by atoms with van der Waals surface area (Å²) in [5.41, 5.74) is 0. The van der Waals surface area contributed by atoms with Crippen LogP contribution in [0.2, 0.25) is 0 Å². The van der Waals surface area contributed by atoms with Gasteiger partial charge < -0.3 is 14.5 Å². The molecule has 1 amide bonds. The summed E-state index contributed by atoms with van der Waals surface area (Å²) in [6.07, 6.45) is 7.82. The number of ether oxygens (including phenoxy) is 1. The second-order valence-corrected chi connectivity index (χ2v) is 8.39. The molecule has 0 unspecified atom stereocenters. The minimum Gasteiger partial charge on any atom is -0.375 e. The van der Waals surface area contributed by atoms with Gasteiger partial charge >= 0.3 is 0 Å². The topological polar surface area (TPSA) is 32.8 Å². The molecule has 24 heavy (non-hydrogen) atoms. The van der Waals surface area contributed by atoms with Crippen LogP contribution >= 0.6 is 0 Å². The molecule has 4 heteroatoms. The number of hydrogen-bond donors (Lipinski definition) is 0. The lowest BCUT2D eigenvalue weighted by Gasteiger charge is -2.37. The standard InChI is InChI=1S/C20H38N2O2/c1-16(2)6-5-11-21-12-7-18(8-13-21)24-19-9-14-22(15-10-19)20(23)17(3)4/h16-19H,5-15H2,1-4H3. The predicted molar refractivity (Wildman–Crippen MR) is 99.1 cm³/mol. The number of nitrogens with zero attached hydrogens (tertiary/aromatic N) is 2. The highest BCUT2D eigenvalue weighted by Gasteiger charge is 2.28. The van der Waals surface area contributed by atoms with Gasteiger partial charge in [0.2, 0.25) is 5.91 Å². The summed E-state index contributed by atoms with van der Waals surface area (Å²) in [7, 11) is 0. The Morgan fingerprint density at radius 1 is 0.958 bits per heavy atom. The third-order valence-corrected chi connectivity index (χ3v) is 5.42. The molecule has 0 aromatic rings. The molecule has 0 atom stereocenters. The van der Waals surface area contributed by atoms with E-state index in [-0.39, 0.29) is 5.92 Å². The number of amides is 1. The van der Waals surface area contributed by atoms with Crippen molar-refractivity contribution >= 4 is 5.91 Å². The van der Waals surface area contributed by atoms with E-state index >= 15 is 0 Å². The largest absolute Gasteiger partial charge is 0.375 e. The first-order valence-corrected chi connectivity index (χ1v) is 10.1. The van der Waals surface area contributed by atoms with Gasteiger partial charge in [-0.1, -0.05) is 27.7 Å². The van der Waals surface area contributed by atoms with Crippen molar-refractivity contribution in [2.24, 2.45) is 11.8 Å². The van der Waals surface area contributed by atoms with Gasteiger partial charge in [0.25, 0.3) is 0 Å². The quantitative estimate of drug-likeness (QED) is 0.712. The van der Waals surface area contributed by atoms with Crippen LogP contribution in [-0.2, 0) is 9.53 Å². The molecule has 140 valence electrons. The summed E-state index contributed by atoms with van der Waals surface area (Å²) in [4.78, 5) is 16.7. The summed E-state index contributed by atoms with van der Waals surface area (Å²) in [5, 5.41) is 0. The lowest BCUT2D eigenvalue weighted by molar-refractivity contribution is -0.138. The number of likely N-dealkylation sites (tertiary alicyclic amines) is 2. The molecule has 2 aliphatic rings. The van der Waals surface area contributed by atoms with Gasteiger partial charge in [0, 0.05) is 32.1 Å². The van der Waals surface area contributed by atoms with Gasteiger partial charge in [0.05, 0.1) is 12.2 Å². The lowest BCUT2D eigenvalue weighted by Crippen LogP contribution is -2.45. The monoisotopic (exact) mass is 338 g/mol. The number of rotatable bonds is 7. The van der Waals surface area contributed by atoms with E-state index in [1.54, 1.807) is 0 Å². The third kappa shape index (κ3) is 6.36. The fraction of sp³-hybridized carbons (Fsp3) is 0.950. The van der Waals surface area contributed by atoms with E-state index in [1.807, 2.05) is 18.7 Å². The molecule has 2 rings (SSSR count). The van der Waals surface area contributed by atoms with Crippen molar-refractivity contribution in [3.63, 3.8) is 0 Å². The van der Waals surface area contributed by atoms with Crippen LogP contribution < -0.4 is 0 Å². The van der Waals surface area contributed by atoms with E-state index in [9.17, 15) is 4.79 Å². The van der Waals surface area contributed by atoms with E-state index in [1.165, 1.54) is 45.3 Å². The molecule has 0 saturated carbocycles. The molecule has 4 nitrogen and oxygen atoms in total. The van der Waals surface area contributed by atoms with Crippen molar-refractivity contribution in [3.8, 4) is 0 Å². The van der Waals surface area contributed by atoms with Gasteiger partial charge in [-0.25, -0.2) is 0 Å². The average Bonchev–Trinajstić information content (AvgIpc) is 2.56. The van der Waals surface area contributed by atoms with Gasteiger partial charge in [-0.15, -0.1) is 0 Å². The van der Waals surface area contributed by atoms with Crippen molar-refractivity contribution in [3.05, 3.63) is 0 Å². The summed E-state index contributed by atoms with van der Waals surface area (Å²) in [6, 6.07) is 0. The highest BCUT2D eigenvalue weighted by atomic mass is 16.5. The zero-order chi connectivity index (χ0) is 17.5. The van der Waals surface area contributed by atoms with Crippen LogP contribution in [0, 0.1) is 11.8 Å². The van der Waals surface area contributed by atoms with E-state index in [2.05, 4.69) is 18.7 Å². The third-order valence-electron chi connectivity index (χ3n) is 5.42. The molecule has 0 spiro atoms.